The van der Waals surface area contributed by atoms with E-state index in [9.17, 15) is 0 Å². The molecule has 0 radical (unpaired) electrons. The van der Waals surface area contributed by atoms with E-state index in [2.05, 4.69) is 60.1 Å². The zero-order valence-electron chi connectivity index (χ0n) is 12.8. The first-order valence-corrected chi connectivity index (χ1v) is 8.44. The first kappa shape index (κ1) is 15.7. The molecule has 1 saturated heterocycles. The van der Waals surface area contributed by atoms with Gasteiger partial charge in [-0.3, -0.25) is 0 Å². The predicted molar refractivity (Wildman–Crippen MR) is 88.8 cm³/mol. The number of hydrogen-bond donors (Lipinski definition) is 1. The zero-order valence-corrected chi connectivity index (χ0v) is 13.6. The molecule has 0 aromatic heterocycles. The number of ether oxygens (including phenoxy) is 1. The number of methoxy groups -OCH3 is 1. The van der Waals surface area contributed by atoms with Crippen LogP contribution in [0.1, 0.15) is 19.4 Å². The molecule has 0 amide bonds. The Morgan fingerprint density at radius 1 is 1.30 bits per heavy atom. The summed E-state index contributed by atoms with van der Waals surface area (Å²) < 4.78 is 5.03. The van der Waals surface area contributed by atoms with Crippen molar-refractivity contribution in [1.29, 1.82) is 0 Å². The van der Waals surface area contributed by atoms with Gasteiger partial charge in [0.05, 0.1) is 6.61 Å². The van der Waals surface area contributed by atoms with Gasteiger partial charge < -0.3 is 15.0 Å². The third-order valence-electron chi connectivity index (χ3n) is 3.96. The first-order chi connectivity index (χ1) is 9.72. The average Bonchev–Trinajstić information content (AvgIpc) is 2.47. The molecule has 3 nitrogen and oxygen atoms in total. The largest absolute Gasteiger partial charge is 0.383 e. The first-order valence-electron chi connectivity index (χ1n) is 7.39. The maximum absolute atomic E-state index is 5.03. The molecule has 1 aromatic carbocycles. The lowest BCUT2D eigenvalue weighted by Gasteiger charge is -2.39. The van der Waals surface area contributed by atoms with Gasteiger partial charge >= 0.3 is 0 Å². The summed E-state index contributed by atoms with van der Waals surface area (Å²) in [6, 6.07) is 9.58. The van der Waals surface area contributed by atoms with Gasteiger partial charge in [0.1, 0.15) is 0 Å². The van der Waals surface area contributed by atoms with Crippen LogP contribution in [0.15, 0.2) is 24.3 Å². The number of benzene rings is 1. The summed E-state index contributed by atoms with van der Waals surface area (Å²) in [4.78, 5) is 2.53. The molecule has 1 aliphatic heterocycles. The minimum atomic E-state index is 0.611. The predicted octanol–water partition coefficient (Wildman–Crippen LogP) is 2.75. The number of nitrogens with zero attached hydrogens (tertiary/aromatic N) is 1. The van der Waals surface area contributed by atoms with Crippen LogP contribution in [0.3, 0.4) is 0 Å². The lowest BCUT2D eigenvalue weighted by Crippen LogP contribution is -2.44. The SMILES string of the molecule is COCCNCc1ccc(N2CCSC(C)C2C)cc1. The van der Waals surface area contributed by atoms with Crippen molar-refractivity contribution in [1.82, 2.24) is 5.32 Å². The lowest BCUT2D eigenvalue weighted by atomic mass is 10.1. The van der Waals surface area contributed by atoms with Crippen molar-refractivity contribution in [2.45, 2.75) is 31.7 Å². The summed E-state index contributed by atoms with van der Waals surface area (Å²) in [5.41, 5.74) is 2.68. The van der Waals surface area contributed by atoms with Gasteiger partial charge in [0.15, 0.2) is 0 Å². The molecular formula is C16H26N2OS. The fraction of sp³-hybridized carbons (Fsp3) is 0.625. The highest BCUT2D eigenvalue weighted by molar-refractivity contribution is 8.00. The van der Waals surface area contributed by atoms with Crippen molar-refractivity contribution < 1.29 is 4.74 Å². The molecule has 1 fully saturated rings. The standard InChI is InChI=1S/C16H26N2OS/c1-13-14(2)20-11-9-18(13)16-6-4-15(5-7-16)12-17-8-10-19-3/h4-7,13-14,17H,8-12H2,1-3H3. The van der Waals surface area contributed by atoms with E-state index >= 15 is 0 Å². The van der Waals surface area contributed by atoms with Crippen LogP contribution < -0.4 is 10.2 Å². The Hall–Kier alpha value is -0.710. The topological polar surface area (TPSA) is 24.5 Å². The van der Waals surface area contributed by atoms with Crippen LogP contribution in [-0.4, -0.2) is 43.9 Å². The van der Waals surface area contributed by atoms with Crippen molar-refractivity contribution in [3.63, 3.8) is 0 Å². The van der Waals surface area contributed by atoms with E-state index in [1.165, 1.54) is 17.0 Å². The Labute approximate surface area is 127 Å². The summed E-state index contributed by atoms with van der Waals surface area (Å²) >= 11 is 2.08. The third-order valence-corrected chi connectivity index (χ3v) is 5.30. The van der Waals surface area contributed by atoms with E-state index in [4.69, 9.17) is 4.74 Å². The molecule has 2 unspecified atom stereocenters. The number of nitrogens with one attached hydrogen (secondary N) is 1. The van der Waals surface area contributed by atoms with Crippen molar-refractivity contribution in [3.8, 4) is 0 Å². The van der Waals surface area contributed by atoms with Gasteiger partial charge in [-0.15, -0.1) is 0 Å². The number of rotatable bonds is 6. The Balaban J connectivity index is 1.90. The lowest BCUT2D eigenvalue weighted by molar-refractivity contribution is 0.199. The van der Waals surface area contributed by atoms with Gasteiger partial charge in [-0.2, -0.15) is 11.8 Å². The second kappa shape index (κ2) is 7.91. The molecule has 0 spiro atoms. The molecule has 2 rings (SSSR count). The van der Waals surface area contributed by atoms with Crippen LogP contribution in [-0.2, 0) is 11.3 Å². The summed E-state index contributed by atoms with van der Waals surface area (Å²) in [7, 11) is 1.73. The maximum Gasteiger partial charge on any atom is 0.0587 e. The minimum Gasteiger partial charge on any atom is -0.383 e. The molecular weight excluding hydrogens is 268 g/mol. The molecule has 112 valence electrons. The number of anilines is 1. The van der Waals surface area contributed by atoms with Crippen molar-refractivity contribution in [2.75, 3.05) is 37.5 Å². The fourth-order valence-corrected chi connectivity index (χ4v) is 3.61. The van der Waals surface area contributed by atoms with Crippen LogP contribution in [0, 0.1) is 0 Å². The van der Waals surface area contributed by atoms with Crippen LogP contribution >= 0.6 is 11.8 Å². The highest BCUT2D eigenvalue weighted by Crippen LogP contribution is 2.29. The molecule has 0 bridgehead atoms. The summed E-state index contributed by atoms with van der Waals surface area (Å²) in [6.07, 6.45) is 0. The Morgan fingerprint density at radius 2 is 2.05 bits per heavy atom. The molecule has 1 aromatic rings. The molecule has 0 saturated carbocycles. The molecule has 2 atom stereocenters. The summed E-state index contributed by atoms with van der Waals surface area (Å²) in [5.74, 6) is 1.23. The number of thioether (sulfide) groups is 1. The fourth-order valence-electron chi connectivity index (χ4n) is 2.51. The smallest absolute Gasteiger partial charge is 0.0587 e. The Morgan fingerprint density at radius 3 is 2.75 bits per heavy atom. The Bertz CT molecular complexity index is 396. The van der Waals surface area contributed by atoms with E-state index in [1.54, 1.807) is 7.11 Å². The Kier molecular flexibility index (Phi) is 6.20. The molecule has 1 aliphatic rings. The highest BCUT2D eigenvalue weighted by Gasteiger charge is 2.25. The highest BCUT2D eigenvalue weighted by atomic mass is 32.2. The van der Waals surface area contributed by atoms with E-state index in [-0.39, 0.29) is 0 Å². The van der Waals surface area contributed by atoms with E-state index in [0.29, 0.717) is 11.3 Å². The molecule has 0 aliphatic carbocycles. The van der Waals surface area contributed by atoms with Crippen LogP contribution in [0.5, 0.6) is 0 Å². The van der Waals surface area contributed by atoms with E-state index in [0.717, 1.165) is 26.2 Å². The maximum atomic E-state index is 5.03. The summed E-state index contributed by atoms with van der Waals surface area (Å²) in [6.45, 7) is 8.38. The van der Waals surface area contributed by atoms with Gasteiger partial charge in [-0.25, -0.2) is 0 Å². The van der Waals surface area contributed by atoms with Gasteiger partial charge in [-0.05, 0) is 24.6 Å². The molecule has 1 heterocycles. The van der Waals surface area contributed by atoms with Crippen molar-refractivity contribution in [2.24, 2.45) is 0 Å². The minimum absolute atomic E-state index is 0.611. The molecule has 1 N–H and O–H groups in total. The second-order valence-corrected chi connectivity index (χ2v) is 6.83. The van der Waals surface area contributed by atoms with Crippen LogP contribution in [0.4, 0.5) is 5.69 Å². The quantitative estimate of drug-likeness (QED) is 0.815. The van der Waals surface area contributed by atoms with Gasteiger partial charge in [-0.1, -0.05) is 19.1 Å². The van der Waals surface area contributed by atoms with E-state index in [1.807, 2.05) is 0 Å². The monoisotopic (exact) mass is 294 g/mol. The van der Waals surface area contributed by atoms with Gasteiger partial charge in [0.25, 0.3) is 0 Å². The molecule has 4 heteroatoms. The van der Waals surface area contributed by atoms with Gasteiger partial charge in [0.2, 0.25) is 0 Å². The third kappa shape index (κ3) is 4.14. The van der Waals surface area contributed by atoms with Crippen LogP contribution in [0.25, 0.3) is 0 Å². The average molecular weight is 294 g/mol. The molecule has 20 heavy (non-hydrogen) atoms. The summed E-state index contributed by atoms with van der Waals surface area (Å²) in [5, 5.41) is 4.08. The van der Waals surface area contributed by atoms with Crippen LogP contribution in [0.2, 0.25) is 0 Å². The van der Waals surface area contributed by atoms with Gasteiger partial charge in [0, 0.05) is 49.5 Å². The van der Waals surface area contributed by atoms with Crippen molar-refractivity contribution >= 4 is 17.4 Å². The number of hydrogen-bond acceptors (Lipinski definition) is 4. The normalized spacial score (nSPS) is 23.1. The van der Waals surface area contributed by atoms with E-state index < -0.39 is 0 Å². The zero-order chi connectivity index (χ0) is 14.4. The second-order valence-electron chi connectivity index (χ2n) is 5.35. The van der Waals surface area contributed by atoms with Crippen molar-refractivity contribution in [3.05, 3.63) is 29.8 Å².